The lowest BCUT2D eigenvalue weighted by Gasteiger charge is -2.11. The average Bonchev–Trinajstić information content (AvgIpc) is 3.23. The predicted molar refractivity (Wildman–Crippen MR) is 108 cm³/mol. The van der Waals surface area contributed by atoms with Crippen LogP contribution in [0.15, 0.2) is 47.3 Å². The first-order chi connectivity index (χ1) is 13.5. The van der Waals surface area contributed by atoms with Crippen LogP contribution in [0.25, 0.3) is 11.3 Å². The summed E-state index contributed by atoms with van der Waals surface area (Å²) >= 11 is 1.34. The van der Waals surface area contributed by atoms with Gasteiger partial charge < -0.3 is 15.5 Å². The van der Waals surface area contributed by atoms with Gasteiger partial charge in [-0.05, 0) is 38.4 Å². The molecule has 2 N–H and O–H groups in total. The van der Waals surface area contributed by atoms with Crippen molar-refractivity contribution in [3.05, 3.63) is 58.5 Å². The molecule has 2 heterocycles. The Kier molecular flexibility index (Phi) is 6.41. The second kappa shape index (κ2) is 9.16. The predicted octanol–water partition coefficient (Wildman–Crippen LogP) is 2.14. The van der Waals surface area contributed by atoms with Gasteiger partial charge >= 0.3 is 0 Å². The van der Waals surface area contributed by atoms with Crippen molar-refractivity contribution >= 4 is 29.0 Å². The number of benzene rings is 1. The van der Waals surface area contributed by atoms with Crippen molar-refractivity contribution in [1.29, 1.82) is 0 Å². The summed E-state index contributed by atoms with van der Waals surface area (Å²) in [7, 11) is 3.91. The van der Waals surface area contributed by atoms with Gasteiger partial charge in [0.25, 0.3) is 11.8 Å². The smallest absolute Gasteiger partial charge is 0.276 e. The minimum absolute atomic E-state index is 0.135. The van der Waals surface area contributed by atoms with Crippen molar-refractivity contribution in [1.82, 2.24) is 25.4 Å². The van der Waals surface area contributed by atoms with Crippen molar-refractivity contribution < 1.29 is 9.59 Å². The first-order valence-electron chi connectivity index (χ1n) is 8.59. The lowest BCUT2D eigenvalue weighted by molar-refractivity contribution is 0.0950. The Hall–Kier alpha value is -3.17. The van der Waals surface area contributed by atoms with Crippen molar-refractivity contribution in [2.45, 2.75) is 0 Å². The Morgan fingerprint density at radius 3 is 2.64 bits per heavy atom. The number of nitrogens with one attached hydrogen (secondary N) is 2. The molecule has 0 saturated carbocycles. The zero-order valence-electron chi connectivity index (χ0n) is 15.5. The van der Waals surface area contributed by atoms with E-state index < -0.39 is 0 Å². The first-order valence-corrected chi connectivity index (χ1v) is 9.54. The lowest BCUT2D eigenvalue weighted by atomic mass is 10.1. The minimum atomic E-state index is -0.334. The summed E-state index contributed by atoms with van der Waals surface area (Å²) in [5.41, 5.74) is 3.86. The Labute approximate surface area is 166 Å². The fourth-order valence-electron chi connectivity index (χ4n) is 2.37. The number of carbonyl (C=O) groups excluding carboxylic acids is 2. The molecule has 2 aromatic heterocycles. The third kappa shape index (κ3) is 5.18. The van der Waals surface area contributed by atoms with Gasteiger partial charge in [0.05, 0.1) is 11.2 Å². The first kappa shape index (κ1) is 19.6. The highest BCUT2D eigenvalue weighted by Crippen LogP contribution is 2.19. The fourth-order valence-corrected chi connectivity index (χ4v) is 2.90. The van der Waals surface area contributed by atoms with Crippen LogP contribution in [0, 0.1) is 0 Å². The monoisotopic (exact) mass is 396 g/mol. The molecule has 0 aliphatic carbocycles. The maximum Gasteiger partial charge on any atom is 0.276 e. The normalized spacial score (nSPS) is 10.7. The Balaban J connectivity index is 1.66. The molecule has 3 aromatic rings. The van der Waals surface area contributed by atoms with Crippen LogP contribution in [0.3, 0.4) is 0 Å². The lowest BCUT2D eigenvalue weighted by Crippen LogP contribution is -2.31. The molecule has 2 amide bonds. The Bertz CT molecular complexity index is 941. The Morgan fingerprint density at radius 1 is 1.11 bits per heavy atom. The summed E-state index contributed by atoms with van der Waals surface area (Å²) in [5, 5.41) is 15.4. The summed E-state index contributed by atoms with van der Waals surface area (Å²) in [6, 6.07) is 10.6. The molecule has 3 rings (SSSR count). The van der Waals surface area contributed by atoms with E-state index in [1.54, 1.807) is 41.2 Å². The molecule has 0 spiro atoms. The molecule has 0 unspecified atom stereocenters. The molecule has 28 heavy (non-hydrogen) atoms. The van der Waals surface area contributed by atoms with Gasteiger partial charge in [-0.15, -0.1) is 21.5 Å². The molecular formula is C19H20N6O2S. The van der Waals surface area contributed by atoms with Crippen molar-refractivity contribution in [3.63, 3.8) is 0 Å². The van der Waals surface area contributed by atoms with E-state index in [2.05, 4.69) is 25.8 Å². The average molecular weight is 396 g/mol. The summed E-state index contributed by atoms with van der Waals surface area (Å²) in [5.74, 6) is -0.136. The van der Waals surface area contributed by atoms with Crippen LogP contribution in [0.2, 0.25) is 0 Å². The SMILES string of the molecule is CN(C)CCNC(=O)c1cccc(-c2ccc(NC(=O)c3cscn3)nn2)c1. The molecule has 0 radical (unpaired) electrons. The molecule has 0 aliphatic heterocycles. The van der Waals surface area contributed by atoms with Gasteiger partial charge in [0, 0.05) is 29.6 Å². The molecule has 9 heteroatoms. The summed E-state index contributed by atoms with van der Waals surface area (Å²) in [4.78, 5) is 30.2. The summed E-state index contributed by atoms with van der Waals surface area (Å²) < 4.78 is 0. The highest BCUT2D eigenvalue weighted by atomic mass is 32.1. The van der Waals surface area contributed by atoms with E-state index in [4.69, 9.17) is 0 Å². The number of aromatic nitrogens is 3. The second-order valence-electron chi connectivity index (χ2n) is 6.27. The van der Waals surface area contributed by atoms with Crippen LogP contribution < -0.4 is 10.6 Å². The third-order valence-electron chi connectivity index (χ3n) is 3.84. The van der Waals surface area contributed by atoms with E-state index in [0.29, 0.717) is 29.3 Å². The van der Waals surface area contributed by atoms with E-state index in [1.165, 1.54) is 11.3 Å². The largest absolute Gasteiger partial charge is 0.351 e. The second-order valence-corrected chi connectivity index (χ2v) is 6.99. The number of rotatable bonds is 7. The van der Waals surface area contributed by atoms with Crippen LogP contribution in [0.1, 0.15) is 20.8 Å². The molecule has 0 fully saturated rings. The number of amides is 2. The van der Waals surface area contributed by atoms with Crippen LogP contribution in [0.4, 0.5) is 5.82 Å². The summed E-state index contributed by atoms with van der Waals surface area (Å²) in [6.07, 6.45) is 0. The van der Waals surface area contributed by atoms with Gasteiger partial charge in [-0.2, -0.15) is 0 Å². The van der Waals surface area contributed by atoms with Crippen LogP contribution >= 0.6 is 11.3 Å². The van der Waals surface area contributed by atoms with Gasteiger partial charge in [-0.25, -0.2) is 4.98 Å². The molecule has 0 bridgehead atoms. The van der Waals surface area contributed by atoms with Crippen molar-refractivity contribution in [2.75, 3.05) is 32.5 Å². The minimum Gasteiger partial charge on any atom is -0.351 e. The van der Waals surface area contributed by atoms with Gasteiger partial charge in [0.1, 0.15) is 5.69 Å². The van der Waals surface area contributed by atoms with Crippen LogP contribution in [-0.2, 0) is 0 Å². The van der Waals surface area contributed by atoms with Crippen LogP contribution in [0.5, 0.6) is 0 Å². The molecule has 8 nitrogen and oxygen atoms in total. The molecule has 0 atom stereocenters. The van der Waals surface area contributed by atoms with Crippen molar-refractivity contribution in [2.24, 2.45) is 0 Å². The van der Waals surface area contributed by atoms with Gasteiger partial charge in [-0.1, -0.05) is 12.1 Å². The van der Waals surface area contributed by atoms with E-state index in [0.717, 1.165) is 12.1 Å². The van der Waals surface area contributed by atoms with E-state index in [-0.39, 0.29) is 11.8 Å². The van der Waals surface area contributed by atoms with Gasteiger partial charge in [0.15, 0.2) is 5.82 Å². The molecule has 144 valence electrons. The van der Waals surface area contributed by atoms with Crippen LogP contribution in [-0.4, -0.2) is 59.1 Å². The number of carbonyl (C=O) groups is 2. The number of thiazole rings is 1. The Morgan fingerprint density at radius 2 is 1.96 bits per heavy atom. The van der Waals surface area contributed by atoms with E-state index in [1.807, 2.05) is 25.1 Å². The molecule has 0 aliphatic rings. The van der Waals surface area contributed by atoms with E-state index >= 15 is 0 Å². The number of likely N-dealkylation sites (N-methyl/N-ethyl adjacent to an activating group) is 1. The molecule has 0 saturated heterocycles. The van der Waals surface area contributed by atoms with Crippen molar-refractivity contribution in [3.8, 4) is 11.3 Å². The zero-order valence-corrected chi connectivity index (χ0v) is 16.4. The maximum absolute atomic E-state index is 12.3. The van der Waals surface area contributed by atoms with Gasteiger partial charge in [0.2, 0.25) is 0 Å². The number of anilines is 1. The number of nitrogens with zero attached hydrogens (tertiary/aromatic N) is 4. The third-order valence-corrected chi connectivity index (χ3v) is 4.42. The number of hydrogen-bond acceptors (Lipinski definition) is 7. The maximum atomic E-state index is 12.3. The molecule has 1 aromatic carbocycles. The highest BCUT2D eigenvalue weighted by molar-refractivity contribution is 7.07. The standard InChI is InChI=1S/C19H20N6O2S/c1-25(2)9-8-20-18(26)14-5-3-4-13(10-14)15-6-7-17(24-23-15)22-19(27)16-11-28-12-21-16/h3-7,10-12H,8-9H2,1-2H3,(H,20,26)(H,22,24,27). The topological polar surface area (TPSA) is 100 Å². The summed E-state index contributed by atoms with van der Waals surface area (Å²) in [6.45, 7) is 1.34. The fraction of sp³-hybridized carbons (Fsp3) is 0.211. The van der Waals surface area contributed by atoms with Gasteiger partial charge in [-0.3, -0.25) is 9.59 Å². The van der Waals surface area contributed by atoms with E-state index in [9.17, 15) is 9.59 Å². The highest BCUT2D eigenvalue weighted by Gasteiger charge is 2.11. The molecular weight excluding hydrogens is 376 g/mol. The number of hydrogen-bond donors (Lipinski definition) is 2. The quantitative estimate of drug-likeness (QED) is 0.635. The zero-order chi connectivity index (χ0) is 19.9.